The van der Waals surface area contributed by atoms with Crippen LogP contribution in [0.1, 0.15) is 82.2 Å². The largest absolute Gasteiger partial charge is 0.453 e. The van der Waals surface area contributed by atoms with E-state index in [1.807, 2.05) is 0 Å². The number of amides is 4. The topological polar surface area (TPSA) is 208 Å². The van der Waals surface area contributed by atoms with E-state index in [2.05, 4.69) is 57.5 Å². The summed E-state index contributed by atoms with van der Waals surface area (Å²) in [5.74, 6) is -0.906. The van der Waals surface area contributed by atoms with Gasteiger partial charge in [-0.25, -0.2) is 33.2 Å². The Kier molecular flexibility index (Phi) is 18.1. The molecule has 4 amide bonds. The zero-order valence-corrected chi connectivity index (χ0v) is 45.1. The number of rotatable bonds is 20. The maximum absolute atomic E-state index is 16.1. The van der Waals surface area contributed by atoms with E-state index >= 15 is 8.78 Å². The highest BCUT2D eigenvalue weighted by Gasteiger charge is 2.57. The lowest BCUT2D eigenvalue weighted by atomic mass is 9.82. The van der Waals surface area contributed by atoms with Crippen LogP contribution < -0.4 is 26.3 Å². The number of fused-ring (bicyclic) bond motifs is 2. The van der Waals surface area contributed by atoms with Crippen molar-refractivity contribution in [3.8, 4) is 23.1 Å². The highest BCUT2D eigenvalue weighted by atomic mass is 19.4. The van der Waals surface area contributed by atoms with Crippen LogP contribution in [-0.2, 0) is 36.8 Å². The molecular weight excluding hydrogens is 1100 g/mol. The zero-order chi connectivity index (χ0) is 59.6. The molecule has 18 nitrogen and oxygen atoms in total. The van der Waals surface area contributed by atoms with Crippen molar-refractivity contribution in [2.75, 3.05) is 44.9 Å². The minimum absolute atomic E-state index is 0.206. The molecule has 2 bridgehead atoms. The van der Waals surface area contributed by atoms with E-state index in [0.29, 0.717) is 98.4 Å². The lowest BCUT2D eigenvalue weighted by Gasteiger charge is -2.47. The van der Waals surface area contributed by atoms with Gasteiger partial charge in [-0.05, 0) is 95.7 Å². The molecule has 2 aromatic heterocycles. The van der Waals surface area contributed by atoms with Crippen LogP contribution in [0.2, 0.25) is 0 Å². The van der Waals surface area contributed by atoms with Gasteiger partial charge in [0.2, 0.25) is 17.8 Å². The molecule has 1 aliphatic carbocycles. The second-order valence-corrected chi connectivity index (χ2v) is 22.0. The number of hydrogen-bond donors (Lipinski definition) is 5. The monoisotopic (exact) mass is 1170 g/mol. The summed E-state index contributed by atoms with van der Waals surface area (Å²) in [6, 6.07) is 3.08. The normalized spacial score (nSPS) is 19.4. The Morgan fingerprint density at radius 1 is 0.793 bits per heavy atom. The van der Waals surface area contributed by atoms with Gasteiger partial charge in [0.1, 0.15) is 23.7 Å². The Bertz CT molecular complexity index is 2980. The smallest absolute Gasteiger partial charge is 0.407 e. The number of aliphatic hydroxyl groups is 1. The SMILES string of the molecule is COC(=O)N[C@H](C(=O)NN(Cc1c(F)cc(-c2ccn(C(F)F)n2)cc1F)C[C@H](O)[C@H](Cc1ccc(C#Cc2cnc(N3CC4CCC(C3)N4C3COC3)nc2)cc1)NC(=O)[C@@H](NC(=O)C1CC1)C(C)(C)C(F)(F)F)C(C)(C)C(F)(F)F. The molecule has 3 saturated heterocycles. The van der Waals surface area contributed by atoms with Crippen LogP contribution in [0.5, 0.6) is 0 Å². The first-order valence-corrected chi connectivity index (χ1v) is 26.2. The summed E-state index contributed by atoms with van der Waals surface area (Å²) in [5.41, 5.74) is -4.35. The van der Waals surface area contributed by atoms with Crippen LogP contribution in [0, 0.1) is 40.2 Å². The molecule has 28 heteroatoms. The van der Waals surface area contributed by atoms with Gasteiger partial charge in [-0.2, -0.15) is 40.2 Å². The number of alkyl halides is 8. The summed E-state index contributed by atoms with van der Waals surface area (Å²) in [5, 5.41) is 22.6. The van der Waals surface area contributed by atoms with Gasteiger partial charge in [0, 0.05) is 79.5 Å². The molecule has 5 N–H and O–H groups in total. The van der Waals surface area contributed by atoms with Crippen LogP contribution in [-0.4, -0.2) is 153 Å². The zero-order valence-electron chi connectivity index (χ0n) is 45.1. The molecule has 444 valence electrons. The van der Waals surface area contributed by atoms with E-state index < -0.39 is 120 Å². The van der Waals surface area contributed by atoms with Crippen molar-refractivity contribution in [1.82, 2.24) is 51.0 Å². The quantitative estimate of drug-likeness (QED) is 0.0381. The van der Waals surface area contributed by atoms with E-state index in [9.17, 15) is 59.4 Å². The summed E-state index contributed by atoms with van der Waals surface area (Å²) in [6.07, 6.45) is -7.54. The van der Waals surface area contributed by atoms with Gasteiger partial charge in [-0.1, -0.05) is 24.0 Å². The number of piperazine rings is 1. The Hall–Kier alpha value is -7.09. The predicted molar refractivity (Wildman–Crippen MR) is 273 cm³/mol. The first-order valence-electron chi connectivity index (χ1n) is 26.2. The van der Waals surface area contributed by atoms with Crippen LogP contribution in [0.25, 0.3) is 11.3 Å². The number of hydrogen-bond acceptors (Lipinski definition) is 13. The van der Waals surface area contributed by atoms with Crippen molar-refractivity contribution in [2.45, 2.75) is 128 Å². The van der Waals surface area contributed by atoms with E-state index in [1.54, 1.807) is 29.8 Å². The Morgan fingerprint density at radius 3 is 1.88 bits per heavy atom. The Balaban J connectivity index is 1.08. The number of aromatic nitrogens is 4. The van der Waals surface area contributed by atoms with Crippen LogP contribution in [0.15, 0.2) is 61.1 Å². The summed E-state index contributed by atoms with van der Waals surface area (Å²) in [7, 11) is 0.792. The second-order valence-electron chi connectivity index (χ2n) is 22.0. The molecule has 2 aromatic carbocycles. The number of anilines is 1. The fraction of sp³-hybridized carbons (Fsp3) is 0.537. The highest BCUT2D eigenvalue weighted by molar-refractivity contribution is 5.90. The number of hydrazine groups is 1. The number of nitrogens with zero attached hydrogens (tertiary/aromatic N) is 7. The van der Waals surface area contributed by atoms with Crippen molar-refractivity contribution < 1.29 is 77.7 Å². The van der Waals surface area contributed by atoms with E-state index in [1.165, 1.54) is 12.1 Å². The highest BCUT2D eigenvalue weighted by Crippen LogP contribution is 2.43. The molecule has 82 heavy (non-hydrogen) atoms. The Labute approximate surface area is 464 Å². The predicted octanol–water partition coefficient (Wildman–Crippen LogP) is 6.18. The van der Waals surface area contributed by atoms with E-state index in [0.717, 1.165) is 58.5 Å². The summed E-state index contributed by atoms with van der Waals surface area (Å²) in [4.78, 5) is 67.6. The molecular formula is C54H61F10N11O7. The number of methoxy groups -OCH3 is 1. The summed E-state index contributed by atoms with van der Waals surface area (Å²) < 4.78 is 157. The van der Waals surface area contributed by atoms with Crippen molar-refractivity contribution in [2.24, 2.45) is 16.7 Å². The van der Waals surface area contributed by atoms with Gasteiger partial charge in [0.05, 0.1) is 60.6 Å². The van der Waals surface area contributed by atoms with Crippen molar-refractivity contribution in [3.63, 3.8) is 0 Å². The number of nitrogens with one attached hydrogen (secondary N) is 4. The third-order valence-electron chi connectivity index (χ3n) is 15.4. The first-order chi connectivity index (χ1) is 38.5. The molecule has 1 saturated carbocycles. The number of carbonyl (C=O) groups excluding carboxylic acids is 4. The Morgan fingerprint density at radius 2 is 1.37 bits per heavy atom. The lowest BCUT2D eigenvalue weighted by molar-refractivity contribution is -0.221. The summed E-state index contributed by atoms with van der Waals surface area (Å²) in [6.45, 7) is 0.129. The fourth-order valence-electron chi connectivity index (χ4n) is 9.99. The van der Waals surface area contributed by atoms with Gasteiger partial charge in [0.15, 0.2) is 0 Å². The lowest BCUT2D eigenvalue weighted by Crippen LogP contribution is -2.63. The van der Waals surface area contributed by atoms with Crippen molar-refractivity contribution >= 4 is 29.8 Å². The standard InChI is InChI=1S/C54H61F10N11O7/c1-51(2,53(59,60)61)43(68-45(77)32-12-13-32)46(78)67-41(18-30-9-6-29(7-10-30)8-11-31-21-65-49(66-22-31)72-23-34-14-15-35(24-72)75(34)36-27-82-28-36)42(76)26-73(71-47(79)44(69-50(80)81-5)52(3,4)54(62,63)64)25-37-38(55)19-33(20-39(37)56)40-16-17-74(70-40)48(57)58/h6-7,9-10,16-17,19-22,32,34-36,41-44,48,76H,12-15,18,23-28H2,1-5H3,(H,67,78)(H,68,77)(H,69,80)(H,71,79)/t34?,35?,41-,42-,43+,44+/m0/s1. The molecule has 6 atom stereocenters. The van der Waals surface area contributed by atoms with Crippen molar-refractivity contribution in [3.05, 3.63) is 94.9 Å². The molecule has 0 spiro atoms. The molecule has 3 aliphatic heterocycles. The molecule has 5 heterocycles. The average molecular weight is 1170 g/mol. The van der Waals surface area contributed by atoms with E-state index in [-0.39, 0.29) is 15.9 Å². The molecule has 0 radical (unpaired) electrons. The molecule has 4 fully saturated rings. The average Bonchev–Trinajstić information content (AvgIpc) is 4.27. The van der Waals surface area contributed by atoms with E-state index in [4.69, 9.17) is 4.74 Å². The number of alkyl carbamates (subject to hydrolysis) is 1. The van der Waals surface area contributed by atoms with Crippen molar-refractivity contribution in [1.29, 1.82) is 0 Å². The number of benzene rings is 2. The van der Waals surface area contributed by atoms with Gasteiger partial charge < -0.3 is 35.4 Å². The maximum atomic E-state index is 16.1. The first kappa shape index (κ1) is 61.0. The number of ether oxygens (including phenoxy) is 2. The van der Waals surface area contributed by atoms with Gasteiger partial charge >= 0.3 is 25.0 Å². The maximum Gasteiger partial charge on any atom is 0.407 e. The van der Waals surface area contributed by atoms with Crippen LogP contribution in [0.4, 0.5) is 54.6 Å². The minimum atomic E-state index is -5.22. The third-order valence-corrected chi connectivity index (χ3v) is 15.4. The van der Waals surface area contributed by atoms with Gasteiger partial charge in [0.25, 0.3) is 5.91 Å². The second kappa shape index (κ2) is 24.4. The number of halogens is 10. The molecule has 4 aromatic rings. The van der Waals surface area contributed by atoms with Crippen LogP contribution >= 0.6 is 0 Å². The number of aliphatic hydroxyl groups excluding tert-OH is 1. The summed E-state index contributed by atoms with van der Waals surface area (Å²) >= 11 is 0. The fourth-order valence-corrected chi connectivity index (χ4v) is 9.99. The third kappa shape index (κ3) is 13.9. The minimum Gasteiger partial charge on any atom is -0.453 e. The number of carbonyl (C=O) groups is 4. The van der Waals surface area contributed by atoms with Gasteiger partial charge in [-0.15, -0.1) is 0 Å². The molecule has 8 rings (SSSR count). The van der Waals surface area contributed by atoms with Crippen LogP contribution in [0.3, 0.4) is 0 Å². The molecule has 4 aliphatic rings. The van der Waals surface area contributed by atoms with Gasteiger partial charge in [-0.3, -0.25) is 24.7 Å². The molecule has 2 unspecified atom stereocenters.